The quantitative estimate of drug-likeness (QED) is 0.0918. The molecule has 0 N–H and O–H groups in total. The predicted molar refractivity (Wildman–Crippen MR) is 239 cm³/mol. The molecule has 6 rings (SSSR count). The Morgan fingerprint density at radius 1 is 0.232 bits per heavy atom. The van der Waals surface area contributed by atoms with Crippen LogP contribution in [0.15, 0.2) is 218 Å². The smallest absolute Gasteiger partial charge is 0.178 e. The molecule has 0 unspecified atom stereocenters. The summed E-state index contributed by atoms with van der Waals surface area (Å²) in [6.07, 6.45) is 20.4. The Morgan fingerprint density at radius 2 is 0.357 bits per heavy atom. The Labute approximate surface area is 416 Å². The van der Waals surface area contributed by atoms with Gasteiger partial charge in [-0.1, -0.05) is 218 Å². The van der Waals surface area contributed by atoms with Crippen molar-refractivity contribution in [2.75, 3.05) is 0 Å². The van der Waals surface area contributed by atoms with E-state index >= 15 is 0 Å². The third kappa shape index (κ3) is 22.0. The van der Waals surface area contributed by atoms with E-state index < -0.39 is 0 Å². The van der Waals surface area contributed by atoms with Crippen LogP contribution in [0.1, 0.15) is 33.4 Å². The van der Waals surface area contributed by atoms with E-state index in [4.69, 9.17) is 0 Å². The molecule has 0 saturated heterocycles. The first-order valence-electron chi connectivity index (χ1n) is 17.5. The predicted octanol–water partition coefficient (Wildman–Crippen LogP) is 11.2. The van der Waals surface area contributed by atoms with Crippen LogP contribution in [0.3, 0.4) is 0 Å². The van der Waals surface area contributed by atoms with E-state index in [-0.39, 0.29) is 120 Å². The van der Waals surface area contributed by atoms with E-state index in [1.165, 1.54) is 0 Å². The summed E-state index contributed by atoms with van der Waals surface area (Å²) in [6, 6.07) is 58.7. The van der Waals surface area contributed by atoms with Gasteiger partial charge in [0.25, 0.3) is 0 Å². The molecule has 266 valence electrons. The van der Waals surface area contributed by atoms with Gasteiger partial charge in [-0.15, -0.1) is 0 Å². The molecule has 0 aliphatic heterocycles. The number of hydrogen-bond donors (Lipinski definition) is 0. The number of rotatable bonds is 12. The first-order chi connectivity index (χ1) is 26.5. The van der Waals surface area contributed by atoms with Crippen molar-refractivity contribution >= 4 is 157 Å². The SMILES string of the molecule is O=C(C=Cc1ccccc1)C=Cc1ccccc1.O=C(C=Cc1ccccc1)C=Cc1ccccc1.O=C(C=Cc1ccccc1)C=Cc1ccccc1.[K].[K]. The van der Waals surface area contributed by atoms with Crippen LogP contribution >= 0.6 is 0 Å². The van der Waals surface area contributed by atoms with E-state index in [9.17, 15) is 14.4 Å². The van der Waals surface area contributed by atoms with Crippen molar-refractivity contribution in [1.29, 1.82) is 0 Å². The van der Waals surface area contributed by atoms with E-state index in [1.807, 2.05) is 218 Å². The van der Waals surface area contributed by atoms with Gasteiger partial charge in [0.15, 0.2) is 17.3 Å². The van der Waals surface area contributed by atoms with Gasteiger partial charge in [0.1, 0.15) is 0 Å². The third-order valence-corrected chi connectivity index (χ3v) is 7.44. The first-order valence-corrected chi connectivity index (χ1v) is 17.5. The van der Waals surface area contributed by atoms with Gasteiger partial charge in [0.05, 0.1) is 0 Å². The van der Waals surface area contributed by atoms with Crippen molar-refractivity contribution in [2.24, 2.45) is 0 Å². The van der Waals surface area contributed by atoms with E-state index in [1.54, 1.807) is 36.5 Å². The molecule has 56 heavy (non-hydrogen) atoms. The van der Waals surface area contributed by atoms with Crippen LogP contribution < -0.4 is 0 Å². The minimum Gasteiger partial charge on any atom is -0.290 e. The molecule has 6 aromatic carbocycles. The first kappa shape index (κ1) is 48.2. The fourth-order valence-electron chi connectivity index (χ4n) is 4.62. The summed E-state index contributed by atoms with van der Waals surface area (Å²) in [4.78, 5) is 34.8. The molecule has 0 amide bonds. The Morgan fingerprint density at radius 3 is 0.482 bits per heavy atom. The molecule has 2 radical (unpaired) electrons. The van der Waals surface area contributed by atoms with Crippen molar-refractivity contribution in [3.05, 3.63) is 252 Å². The van der Waals surface area contributed by atoms with Crippen LogP contribution in [0.2, 0.25) is 0 Å². The molecule has 6 aromatic rings. The monoisotopic (exact) mass is 780 g/mol. The molecular weight excluding hydrogens is 739 g/mol. The van der Waals surface area contributed by atoms with Gasteiger partial charge in [-0.05, 0) is 69.8 Å². The molecule has 0 atom stereocenters. The number of carbonyl (C=O) groups is 3. The molecule has 0 spiro atoms. The maximum absolute atomic E-state index is 11.6. The Balaban J connectivity index is 0.000000285. The van der Waals surface area contributed by atoms with Crippen molar-refractivity contribution in [1.82, 2.24) is 0 Å². The molecule has 3 nitrogen and oxygen atoms in total. The third-order valence-electron chi connectivity index (χ3n) is 7.44. The summed E-state index contributed by atoms with van der Waals surface area (Å²) < 4.78 is 0. The van der Waals surface area contributed by atoms with Crippen LogP contribution in [0.5, 0.6) is 0 Å². The molecule has 0 aliphatic carbocycles. The van der Waals surface area contributed by atoms with Gasteiger partial charge >= 0.3 is 0 Å². The van der Waals surface area contributed by atoms with Crippen molar-refractivity contribution < 1.29 is 14.4 Å². The molecule has 0 fully saturated rings. The number of carbonyl (C=O) groups excluding carboxylic acids is 3. The Bertz CT molecular complexity index is 1760. The van der Waals surface area contributed by atoms with Crippen LogP contribution in [0, 0.1) is 0 Å². The molecule has 0 bridgehead atoms. The zero-order chi connectivity index (χ0) is 37.9. The zero-order valence-corrected chi connectivity index (χ0v) is 38.2. The van der Waals surface area contributed by atoms with Gasteiger partial charge in [0.2, 0.25) is 0 Å². The van der Waals surface area contributed by atoms with Crippen LogP contribution in [-0.4, -0.2) is 120 Å². The largest absolute Gasteiger partial charge is 0.290 e. The molecule has 0 saturated carbocycles. The standard InChI is InChI=1S/3C17H14O.2K/c3*18-17(13-11-15-7-3-1-4-8-15)14-12-16-9-5-2-6-10-16;;/h3*1-14H;;. The van der Waals surface area contributed by atoms with Gasteiger partial charge in [0, 0.05) is 103 Å². The van der Waals surface area contributed by atoms with Crippen LogP contribution in [0.4, 0.5) is 0 Å². The van der Waals surface area contributed by atoms with E-state index in [2.05, 4.69) is 0 Å². The fraction of sp³-hybridized carbons (Fsp3) is 0. The molecule has 5 heteroatoms. The van der Waals surface area contributed by atoms with Gasteiger partial charge in [-0.25, -0.2) is 0 Å². The van der Waals surface area contributed by atoms with Crippen LogP contribution in [0.25, 0.3) is 36.5 Å². The maximum atomic E-state index is 11.6. The second-order valence-corrected chi connectivity index (χ2v) is 11.7. The summed E-state index contributed by atoms with van der Waals surface area (Å²) >= 11 is 0. The molecule has 0 aliphatic rings. The van der Waals surface area contributed by atoms with Crippen molar-refractivity contribution in [3.8, 4) is 0 Å². The number of benzene rings is 6. The maximum Gasteiger partial charge on any atom is 0.178 e. The van der Waals surface area contributed by atoms with Gasteiger partial charge in [-0.3, -0.25) is 14.4 Å². The molecule has 0 heterocycles. The normalized spacial score (nSPS) is 10.7. The number of allylic oxidation sites excluding steroid dienone is 6. The average Bonchev–Trinajstić information content (AvgIpc) is 3.24. The fourth-order valence-corrected chi connectivity index (χ4v) is 4.62. The zero-order valence-electron chi connectivity index (χ0n) is 32.0. The van der Waals surface area contributed by atoms with Crippen LogP contribution in [-0.2, 0) is 14.4 Å². The minimum absolute atomic E-state index is 0. The Hall–Kier alpha value is -3.96. The molecular formula is C51H42K2O3. The molecule has 0 aromatic heterocycles. The average molecular weight is 781 g/mol. The van der Waals surface area contributed by atoms with Crippen molar-refractivity contribution in [3.63, 3.8) is 0 Å². The van der Waals surface area contributed by atoms with Gasteiger partial charge in [-0.2, -0.15) is 0 Å². The second kappa shape index (κ2) is 30.2. The summed E-state index contributed by atoms with van der Waals surface area (Å²) in [7, 11) is 0. The van der Waals surface area contributed by atoms with E-state index in [0.29, 0.717) is 0 Å². The van der Waals surface area contributed by atoms with Gasteiger partial charge < -0.3 is 0 Å². The van der Waals surface area contributed by atoms with Crippen molar-refractivity contribution in [2.45, 2.75) is 0 Å². The van der Waals surface area contributed by atoms with E-state index in [0.717, 1.165) is 33.4 Å². The summed E-state index contributed by atoms with van der Waals surface area (Å²) in [6.45, 7) is 0. The number of ketones is 3. The summed E-state index contributed by atoms with van der Waals surface area (Å²) in [5.41, 5.74) is 6.16. The minimum atomic E-state index is -0.0114. The Kier molecular flexibility index (Phi) is 26.0. The topological polar surface area (TPSA) is 51.2 Å². The summed E-state index contributed by atoms with van der Waals surface area (Å²) in [5, 5.41) is 0. The summed E-state index contributed by atoms with van der Waals surface area (Å²) in [5.74, 6) is -0.0341. The number of hydrogen-bond acceptors (Lipinski definition) is 3. The second-order valence-electron chi connectivity index (χ2n) is 11.7.